The lowest BCUT2D eigenvalue weighted by atomic mass is 10.2. The van der Waals surface area contributed by atoms with Gasteiger partial charge in [-0.05, 0) is 6.07 Å². The van der Waals surface area contributed by atoms with Crippen molar-refractivity contribution >= 4 is 5.97 Å². The minimum absolute atomic E-state index is 0.0887. The zero-order valence-corrected chi connectivity index (χ0v) is 6.88. The lowest BCUT2D eigenvalue weighted by Gasteiger charge is -2.03. The first-order valence-corrected chi connectivity index (χ1v) is 3.65. The van der Waals surface area contributed by atoms with E-state index >= 15 is 0 Å². The van der Waals surface area contributed by atoms with E-state index in [0.717, 1.165) is 6.07 Å². The summed E-state index contributed by atoms with van der Waals surface area (Å²) in [6.45, 7) is 0. The van der Waals surface area contributed by atoms with Crippen LogP contribution in [0.25, 0.3) is 0 Å². The van der Waals surface area contributed by atoms with Crippen molar-refractivity contribution in [2.45, 2.75) is 12.8 Å². The molecule has 1 N–H and O–H groups in total. The van der Waals surface area contributed by atoms with E-state index in [2.05, 4.69) is 4.98 Å². The summed E-state index contributed by atoms with van der Waals surface area (Å²) in [7, 11) is 0. The molecule has 0 amide bonds. The summed E-state index contributed by atoms with van der Waals surface area (Å²) < 4.78 is 36.9. The van der Waals surface area contributed by atoms with Crippen molar-refractivity contribution in [2.24, 2.45) is 0 Å². The highest BCUT2D eigenvalue weighted by molar-refractivity contribution is 5.69. The van der Waals surface area contributed by atoms with E-state index in [9.17, 15) is 18.0 Å². The van der Waals surface area contributed by atoms with Crippen LogP contribution >= 0.6 is 0 Å². The molecular weight excluding hydrogens is 199 g/mol. The molecule has 14 heavy (non-hydrogen) atoms. The molecule has 1 heterocycles. The predicted molar refractivity (Wildman–Crippen MR) is 40.5 cm³/mol. The maximum Gasteiger partial charge on any atom is 0.309 e. The molecule has 0 aliphatic heterocycles. The lowest BCUT2D eigenvalue weighted by Crippen LogP contribution is -2.04. The summed E-state index contributed by atoms with van der Waals surface area (Å²) in [5, 5.41) is 8.34. The van der Waals surface area contributed by atoms with Gasteiger partial charge in [-0.15, -0.1) is 0 Å². The number of rotatable bonds is 3. The number of aliphatic carboxylic acids is 1. The predicted octanol–water partition coefficient (Wildman–Crippen LogP) is 1.79. The van der Waals surface area contributed by atoms with Crippen LogP contribution in [0.2, 0.25) is 0 Å². The molecule has 0 aromatic carbocycles. The molecule has 0 radical (unpaired) electrons. The number of nitrogens with zero attached hydrogens (tertiary/aromatic N) is 1. The topological polar surface area (TPSA) is 50.2 Å². The van der Waals surface area contributed by atoms with E-state index in [1.807, 2.05) is 0 Å². The van der Waals surface area contributed by atoms with Gasteiger partial charge in [0.1, 0.15) is 5.82 Å². The number of hydrogen-bond acceptors (Lipinski definition) is 2. The number of alkyl halides is 2. The molecule has 1 aromatic heterocycles. The molecule has 3 nitrogen and oxygen atoms in total. The Morgan fingerprint density at radius 3 is 2.71 bits per heavy atom. The van der Waals surface area contributed by atoms with Crippen LogP contribution in [0.3, 0.4) is 0 Å². The Morgan fingerprint density at radius 1 is 1.57 bits per heavy atom. The van der Waals surface area contributed by atoms with Crippen molar-refractivity contribution in [1.82, 2.24) is 4.98 Å². The summed E-state index contributed by atoms with van der Waals surface area (Å²) in [6, 6.07) is 0.758. The number of hydrogen-bond donors (Lipinski definition) is 1. The van der Waals surface area contributed by atoms with Gasteiger partial charge in [0.2, 0.25) is 0 Å². The minimum atomic E-state index is -2.97. The summed E-state index contributed by atoms with van der Waals surface area (Å²) in [6.07, 6.45) is -2.87. The number of pyridine rings is 1. The van der Waals surface area contributed by atoms with Gasteiger partial charge < -0.3 is 5.11 Å². The van der Waals surface area contributed by atoms with Crippen molar-refractivity contribution < 1.29 is 23.1 Å². The van der Waals surface area contributed by atoms with Crippen LogP contribution in [-0.2, 0) is 11.2 Å². The zero-order chi connectivity index (χ0) is 10.7. The first kappa shape index (κ1) is 10.5. The lowest BCUT2D eigenvalue weighted by molar-refractivity contribution is -0.136. The summed E-state index contributed by atoms with van der Waals surface area (Å²) in [4.78, 5) is 13.6. The van der Waals surface area contributed by atoms with Crippen molar-refractivity contribution in [3.63, 3.8) is 0 Å². The second-order valence-electron chi connectivity index (χ2n) is 2.57. The number of aromatic nitrogens is 1. The van der Waals surface area contributed by atoms with E-state index in [4.69, 9.17) is 5.11 Å². The van der Waals surface area contributed by atoms with Crippen molar-refractivity contribution in [3.05, 3.63) is 29.3 Å². The fourth-order valence-electron chi connectivity index (χ4n) is 0.919. The Bertz CT molecular complexity index is 354. The fourth-order valence-corrected chi connectivity index (χ4v) is 0.919. The van der Waals surface area contributed by atoms with E-state index in [0.29, 0.717) is 6.20 Å². The smallest absolute Gasteiger partial charge is 0.309 e. The van der Waals surface area contributed by atoms with Gasteiger partial charge in [-0.25, -0.2) is 13.2 Å². The van der Waals surface area contributed by atoms with Gasteiger partial charge in [-0.1, -0.05) is 0 Å². The van der Waals surface area contributed by atoms with Crippen LogP contribution in [-0.4, -0.2) is 16.1 Å². The standard InChI is InChI=1S/C8H6F3NO2/c9-6-3-12-4(2-7(13)14)1-5(6)8(10)11/h1,3,8H,2H2,(H,13,14). The third-order valence-corrected chi connectivity index (χ3v) is 1.51. The maximum absolute atomic E-state index is 12.7. The average molecular weight is 205 g/mol. The van der Waals surface area contributed by atoms with Gasteiger partial charge in [0.15, 0.2) is 0 Å². The molecule has 76 valence electrons. The van der Waals surface area contributed by atoms with Crippen LogP contribution in [0.4, 0.5) is 13.2 Å². The minimum Gasteiger partial charge on any atom is -0.481 e. The molecule has 1 aromatic rings. The average Bonchev–Trinajstić information content (AvgIpc) is 2.07. The van der Waals surface area contributed by atoms with Gasteiger partial charge in [-0.2, -0.15) is 0 Å². The number of carboxylic acid groups (broad SMARTS) is 1. The number of carboxylic acids is 1. The highest BCUT2D eigenvalue weighted by Gasteiger charge is 2.15. The molecule has 0 aliphatic rings. The fraction of sp³-hybridized carbons (Fsp3) is 0.250. The van der Waals surface area contributed by atoms with E-state index in [1.165, 1.54) is 0 Å². The second kappa shape index (κ2) is 4.08. The van der Waals surface area contributed by atoms with Gasteiger partial charge in [0.25, 0.3) is 6.43 Å². The third kappa shape index (κ3) is 2.45. The second-order valence-corrected chi connectivity index (χ2v) is 2.57. The molecule has 0 saturated carbocycles. The van der Waals surface area contributed by atoms with Crippen LogP contribution in [0, 0.1) is 5.82 Å². The normalized spacial score (nSPS) is 10.6. The summed E-state index contributed by atoms with van der Waals surface area (Å²) in [5.74, 6) is -2.33. The molecule has 6 heteroatoms. The van der Waals surface area contributed by atoms with Crippen LogP contribution < -0.4 is 0 Å². The molecule has 0 unspecified atom stereocenters. The molecule has 1 rings (SSSR count). The molecular formula is C8H6F3NO2. The Labute approximate surface area is 77.2 Å². The Kier molecular flexibility index (Phi) is 3.06. The van der Waals surface area contributed by atoms with Crippen molar-refractivity contribution in [2.75, 3.05) is 0 Å². The van der Waals surface area contributed by atoms with Crippen LogP contribution in [0.5, 0.6) is 0 Å². The quantitative estimate of drug-likeness (QED) is 0.818. The first-order valence-electron chi connectivity index (χ1n) is 3.65. The SMILES string of the molecule is O=C(O)Cc1cc(C(F)F)c(F)cn1. The molecule has 0 atom stereocenters. The van der Waals surface area contributed by atoms with Crippen LogP contribution in [0.15, 0.2) is 12.3 Å². The van der Waals surface area contributed by atoms with Gasteiger partial charge >= 0.3 is 5.97 Å². The third-order valence-electron chi connectivity index (χ3n) is 1.51. The van der Waals surface area contributed by atoms with Gasteiger partial charge in [0.05, 0.1) is 23.9 Å². The maximum atomic E-state index is 12.7. The molecule has 0 aliphatic carbocycles. The zero-order valence-electron chi connectivity index (χ0n) is 6.88. The Balaban J connectivity index is 3.00. The summed E-state index contributed by atoms with van der Waals surface area (Å²) >= 11 is 0. The Hall–Kier alpha value is -1.59. The van der Waals surface area contributed by atoms with E-state index in [-0.39, 0.29) is 5.69 Å². The van der Waals surface area contributed by atoms with E-state index < -0.39 is 30.2 Å². The van der Waals surface area contributed by atoms with Gasteiger partial charge in [-0.3, -0.25) is 9.78 Å². The highest BCUT2D eigenvalue weighted by atomic mass is 19.3. The van der Waals surface area contributed by atoms with E-state index in [1.54, 1.807) is 0 Å². The number of carbonyl (C=O) groups is 1. The van der Waals surface area contributed by atoms with Crippen molar-refractivity contribution in [1.29, 1.82) is 0 Å². The van der Waals surface area contributed by atoms with Crippen molar-refractivity contribution in [3.8, 4) is 0 Å². The van der Waals surface area contributed by atoms with Gasteiger partial charge in [0, 0.05) is 0 Å². The highest BCUT2D eigenvalue weighted by Crippen LogP contribution is 2.21. The molecule has 0 bridgehead atoms. The molecule has 0 spiro atoms. The largest absolute Gasteiger partial charge is 0.481 e. The number of halogens is 3. The monoisotopic (exact) mass is 205 g/mol. The Morgan fingerprint density at radius 2 is 2.21 bits per heavy atom. The molecule has 0 saturated heterocycles. The first-order chi connectivity index (χ1) is 6.50. The molecule has 0 fully saturated rings. The van der Waals surface area contributed by atoms with Crippen LogP contribution in [0.1, 0.15) is 17.7 Å². The summed E-state index contributed by atoms with van der Waals surface area (Å²) in [5.41, 5.74) is -0.912.